The number of nitrogens with zero attached hydrogens (tertiary/aromatic N) is 5. The van der Waals surface area contributed by atoms with Crippen molar-refractivity contribution in [1.29, 1.82) is 0 Å². The molecule has 0 spiro atoms. The Morgan fingerprint density at radius 3 is 2.39 bits per heavy atom. The first-order valence-corrected chi connectivity index (χ1v) is 8.88. The van der Waals surface area contributed by atoms with Gasteiger partial charge in [0.1, 0.15) is 6.54 Å². The standard InChI is InChI=1S/C19H24N6O3/c1-22(2)10-14-7-5-13(6-8-14)9-20-15(26)11-25-18(27)16-17(21-12-23(16)3)24(4)19(25)28/h5-8,12H,9-11H2,1-4H3,(H,20,26). The Balaban J connectivity index is 1.73. The van der Waals surface area contributed by atoms with E-state index in [4.69, 9.17) is 0 Å². The molecule has 9 nitrogen and oxygen atoms in total. The Morgan fingerprint density at radius 1 is 1.11 bits per heavy atom. The number of aryl methyl sites for hydroxylation is 2. The number of hydrogen-bond donors (Lipinski definition) is 1. The zero-order chi connectivity index (χ0) is 20.4. The van der Waals surface area contributed by atoms with Crippen molar-refractivity contribution in [2.24, 2.45) is 14.1 Å². The summed E-state index contributed by atoms with van der Waals surface area (Å²) < 4.78 is 3.74. The maximum Gasteiger partial charge on any atom is 0.332 e. The first-order valence-electron chi connectivity index (χ1n) is 8.88. The van der Waals surface area contributed by atoms with Gasteiger partial charge < -0.3 is 14.8 Å². The molecule has 0 saturated carbocycles. The lowest BCUT2D eigenvalue weighted by molar-refractivity contribution is -0.121. The van der Waals surface area contributed by atoms with Crippen molar-refractivity contribution >= 4 is 17.1 Å². The van der Waals surface area contributed by atoms with Gasteiger partial charge in [-0.1, -0.05) is 24.3 Å². The molecule has 0 fully saturated rings. The van der Waals surface area contributed by atoms with Gasteiger partial charge in [-0.15, -0.1) is 0 Å². The van der Waals surface area contributed by atoms with E-state index < -0.39 is 17.2 Å². The van der Waals surface area contributed by atoms with Crippen LogP contribution in [0.5, 0.6) is 0 Å². The van der Waals surface area contributed by atoms with Gasteiger partial charge in [0.05, 0.1) is 6.33 Å². The number of amides is 1. The molecule has 28 heavy (non-hydrogen) atoms. The van der Waals surface area contributed by atoms with E-state index >= 15 is 0 Å². The number of carbonyl (C=O) groups is 1. The summed E-state index contributed by atoms with van der Waals surface area (Å²) in [4.78, 5) is 43.5. The molecule has 1 N–H and O–H groups in total. The Kier molecular flexibility index (Phi) is 5.46. The molecule has 9 heteroatoms. The molecule has 3 aromatic rings. The number of aromatic nitrogens is 4. The van der Waals surface area contributed by atoms with Crippen LogP contribution in [0.3, 0.4) is 0 Å². The number of fused-ring (bicyclic) bond motifs is 1. The van der Waals surface area contributed by atoms with Crippen molar-refractivity contribution in [2.75, 3.05) is 14.1 Å². The van der Waals surface area contributed by atoms with E-state index in [1.54, 1.807) is 11.6 Å². The largest absolute Gasteiger partial charge is 0.350 e. The molecule has 1 aromatic carbocycles. The lowest BCUT2D eigenvalue weighted by Crippen LogP contribution is -2.43. The maximum absolute atomic E-state index is 12.6. The minimum absolute atomic E-state index is 0.284. The second kappa shape index (κ2) is 7.81. The van der Waals surface area contributed by atoms with Crippen LogP contribution in [-0.2, 0) is 38.5 Å². The van der Waals surface area contributed by atoms with Crippen molar-refractivity contribution in [3.8, 4) is 0 Å². The first kappa shape index (κ1) is 19.6. The number of nitrogens with one attached hydrogen (secondary N) is 1. The fourth-order valence-corrected chi connectivity index (χ4v) is 3.06. The van der Waals surface area contributed by atoms with Gasteiger partial charge in [-0.2, -0.15) is 0 Å². The second-order valence-electron chi connectivity index (χ2n) is 7.09. The van der Waals surface area contributed by atoms with Gasteiger partial charge in [0.25, 0.3) is 5.56 Å². The van der Waals surface area contributed by atoms with Gasteiger partial charge in [0.2, 0.25) is 5.91 Å². The zero-order valence-corrected chi connectivity index (χ0v) is 16.5. The van der Waals surface area contributed by atoms with Gasteiger partial charge in [-0.3, -0.25) is 14.2 Å². The molecule has 0 aliphatic carbocycles. The van der Waals surface area contributed by atoms with Gasteiger partial charge >= 0.3 is 5.69 Å². The Bertz CT molecular complexity index is 1120. The van der Waals surface area contributed by atoms with Crippen molar-refractivity contribution < 1.29 is 4.79 Å². The molecular formula is C19H24N6O3. The van der Waals surface area contributed by atoms with Crippen LogP contribution in [0.1, 0.15) is 11.1 Å². The molecule has 0 aliphatic heterocycles. The topological polar surface area (TPSA) is 94.2 Å². The smallest absolute Gasteiger partial charge is 0.332 e. The third kappa shape index (κ3) is 3.89. The van der Waals surface area contributed by atoms with E-state index in [0.717, 1.165) is 16.7 Å². The number of imidazole rings is 1. The molecule has 0 unspecified atom stereocenters. The molecule has 0 atom stereocenters. The summed E-state index contributed by atoms with van der Waals surface area (Å²) in [5, 5.41) is 2.76. The quantitative estimate of drug-likeness (QED) is 0.636. The highest BCUT2D eigenvalue weighted by molar-refractivity contribution is 5.76. The normalized spacial score (nSPS) is 11.3. The van der Waals surface area contributed by atoms with E-state index in [1.165, 1.54) is 23.5 Å². The number of carbonyl (C=O) groups excluding carboxylic acids is 1. The second-order valence-corrected chi connectivity index (χ2v) is 7.09. The average molecular weight is 384 g/mol. The highest BCUT2D eigenvalue weighted by Gasteiger charge is 2.16. The summed E-state index contributed by atoms with van der Waals surface area (Å²) in [5.74, 6) is -0.405. The summed E-state index contributed by atoms with van der Waals surface area (Å²) in [6, 6.07) is 7.92. The van der Waals surface area contributed by atoms with Gasteiger partial charge in [0.15, 0.2) is 11.2 Å². The van der Waals surface area contributed by atoms with Crippen LogP contribution in [0.15, 0.2) is 40.2 Å². The molecule has 1 amide bonds. The highest BCUT2D eigenvalue weighted by atomic mass is 16.2. The van der Waals surface area contributed by atoms with Crippen LogP contribution < -0.4 is 16.6 Å². The van der Waals surface area contributed by atoms with Gasteiger partial charge in [0, 0.05) is 27.2 Å². The van der Waals surface area contributed by atoms with Crippen LogP contribution in [0.25, 0.3) is 11.2 Å². The SMILES string of the molecule is CN(C)Cc1ccc(CNC(=O)Cn2c(=O)c3c(ncn3C)n(C)c2=O)cc1. The fraction of sp³-hybridized carbons (Fsp3) is 0.368. The first-order chi connectivity index (χ1) is 13.3. The summed E-state index contributed by atoms with van der Waals surface area (Å²) in [6.45, 7) is 0.824. The molecular weight excluding hydrogens is 360 g/mol. The van der Waals surface area contributed by atoms with Gasteiger partial charge in [-0.25, -0.2) is 14.3 Å². The van der Waals surface area contributed by atoms with Crippen molar-refractivity contribution in [1.82, 2.24) is 28.9 Å². The minimum atomic E-state index is -0.570. The molecule has 0 bridgehead atoms. The minimum Gasteiger partial charge on any atom is -0.350 e. The average Bonchev–Trinajstić information content (AvgIpc) is 3.04. The highest BCUT2D eigenvalue weighted by Crippen LogP contribution is 2.06. The van der Waals surface area contributed by atoms with E-state index in [1.807, 2.05) is 38.4 Å². The van der Waals surface area contributed by atoms with Crippen LogP contribution in [0.2, 0.25) is 0 Å². The molecule has 0 radical (unpaired) electrons. The maximum atomic E-state index is 12.6. The monoisotopic (exact) mass is 384 g/mol. The van der Waals surface area contributed by atoms with Crippen LogP contribution >= 0.6 is 0 Å². The number of benzene rings is 1. The summed E-state index contributed by atoms with van der Waals surface area (Å²) in [7, 11) is 7.21. The van der Waals surface area contributed by atoms with E-state index in [9.17, 15) is 14.4 Å². The van der Waals surface area contributed by atoms with Crippen LogP contribution in [0, 0.1) is 0 Å². The zero-order valence-electron chi connectivity index (χ0n) is 16.5. The molecule has 0 aliphatic rings. The lowest BCUT2D eigenvalue weighted by atomic mass is 10.1. The fourth-order valence-electron chi connectivity index (χ4n) is 3.06. The predicted octanol–water partition coefficient (Wildman–Crippen LogP) is -0.188. The molecule has 2 aromatic heterocycles. The van der Waals surface area contributed by atoms with Crippen molar-refractivity contribution in [2.45, 2.75) is 19.6 Å². The molecule has 0 saturated heterocycles. The van der Waals surface area contributed by atoms with Crippen LogP contribution in [-0.4, -0.2) is 43.6 Å². The van der Waals surface area contributed by atoms with Gasteiger partial charge in [-0.05, 0) is 25.2 Å². The Hall–Kier alpha value is -3.20. The number of hydrogen-bond acceptors (Lipinski definition) is 5. The third-order valence-corrected chi connectivity index (χ3v) is 4.51. The predicted molar refractivity (Wildman–Crippen MR) is 106 cm³/mol. The molecule has 2 heterocycles. The molecule has 3 rings (SSSR count). The summed E-state index contributed by atoms with van der Waals surface area (Å²) >= 11 is 0. The van der Waals surface area contributed by atoms with Crippen molar-refractivity contribution in [3.05, 3.63) is 62.6 Å². The van der Waals surface area contributed by atoms with E-state index in [-0.39, 0.29) is 12.1 Å². The third-order valence-electron chi connectivity index (χ3n) is 4.51. The molecule has 148 valence electrons. The Labute approximate surface area is 161 Å². The summed E-state index contributed by atoms with van der Waals surface area (Å²) in [6.07, 6.45) is 1.47. The Morgan fingerprint density at radius 2 is 1.75 bits per heavy atom. The van der Waals surface area contributed by atoms with Crippen molar-refractivity contribution in [3.63, 3.8) is 0 Å². The lowest BCUT2D eigenvalue weighted by Gasteiger charge is -2.11. The van der Waals surface area contributed by atoms with Crippen LogP contribution in [0.4, 0.5) is 0 Å². The summed E-state index contributed by atoms with van der Waals surface area (Å²) in [5.41, 5.74) is 1.61. The number of rotatable bonds is 6. The van der Waals surface area contributed by atoms with E-state index in [0.29, 0.717) is 12.2 Å². The van der Waals surface area contributed by atoms with E-state index in [2.05, 4.69) is 15.2 Å².